The Morgan fingerprint density at radius 2 is 1.89 bits per heavy atom. The minimum Gasteiger partial charge on any atom is -0.496 e. The van der Waals surface area contributed by atoms with Crippen LogP contribution in [0.5, 0.6) is 11.6 Å². The van der Waals surface area contributed by atoms with Crippen molar-refractivity contribution in [3.8, 4) is 22.8 Å². The molecule has 100 valence electrons. The number of rotatable bonds is 4. The van der Waals surface area contributed by atoms with Gasteiger partial charge in [0.15, 0.2) is 0 Å². The highest BCUT2D eigenvalue weighted by molar-refractivity contribution is 5.74. The maximum atomic E-state index is 5.89. The lowest BCUT2D eigenvalue weighted by molar-refractivity contribution is 0.397. The normalized spacial score (nSPS) is 12.0. The van der Waals surface area contributed by atoms with E-state index in [1.165, 1.54) is 0 Å². The predicted octanol–water partition coefficient (Wildman–Crippen LogP) is 2.79. The Morgan fingerprint density at radius 1 is 1.11 bits per heavy atom. The third kappa shape index (κ3) is 2.69. The number of nitrogens with zero attached hydrogens (tertiary/aromatic N) is 1. The number of aromatic nitrogens is 1. The highest BCUT2D eigenvalue weighted by atomic mass is 16.5. The summed E-state index contributed by atoms with van der Waals surface area (Å²) in [6.45, 7) is 1.94. The molecule has 0 spiro atoms. The summed E-state index contributed by atoms with van der Waals surface area (Å²) in [6, 6.07) is 9.73. The zero-order valence-electron chi connectivity index (χ0n) is 11.4. The number of methoxy groups -OCH3 is 2. The third-order valence-electron chi connectivity index (χ3n) is 3.01. The zero-order valence-corrected chi connectivity index (χ0v) is 11.4. The summed E-state index contributed by atoms with van der Waals surface area (Å²) in [5.74, 6) is 1.34. The first-order valence-corrected chi connectivity index (χ1v) is 6.10. The minimum atomic E-state index is -0.0289. The van der Waals surface area contributed by atoms with Crippen molar-refractivity contribution in [1.29, 1.82) is 0 Å². The Kier molecular flexibility index (Phi) is 4.02. The van der Waals surface area contributed by atoms with Gasteiger partial charge in [0.05, 0.1) is 14.2 Å². The van der Waals surface area contributed by atoms with Crippen molar-refractivity contribution in [2.24, 2.45) is 5.73 Å². The van der Waals surface area contributed by atoms with E-state index in [1.54, 1.807) is 20.4 Å². The Balaban J connectivity index is 2.55. The first-order valence-electron chi connectivity index (χ1n) is 6.10. The van der Waals surface area contributed by atoms with E-state index in [2.05, 4.69) is 4.98 Å². The molecule has 1 heterocycles. The number of hydrogen-bond acceptors (Lipinski definition) is 4. The Morgan fingerprint density at radius 3 is 2.53 bits per heavy atom. The first-order chi connectivity index (χ1) is 9.17. The van der Waals surface area contributed by atoms with Crippen LogP contribution >= 0.6 is 0 Å². The van der Waals surface area contributed by atoms with Crippen LogP contribution in [0.25, 0.3) is 11.1 Å². The van der Waals surface area contributed by atoms with Gasteiger partial charge < -0.3 is 15.2 Å². The number of nitrogens with two attached hydrogens (primary N) is 1. The molecule has 0 aliphatic carbocycles. The fourth-order valence-corrected chi connectivity index (χ4v) is 1.97. The van der Waals surface area contributed by atoms with E-state index >= 15 is 0 Å². The zero-order chi connectivity index (χ0) is 13.8. The average Bonchev–Trinajstić information content (AvgIpc) is 2.46. The fraction of sp³-hybridized carbons (Fsp3) is 0.267. The standard InChI is InChI=1S/C15H18N2O2/c1-10(16)11-6-7-12(14(9-11)18-2)13-5-4-8-17-15(13)19-3/h4-10H,16H2,1-3H3. The molecule has 0 fully saturated rings. The molecule has 19 heavy (non-hydrogen) atoms. The van der Waals surface area contributed by atoms with Gasteiger partial charge >= 0.3 is 0 Å². The summed E-state index contributed by atoms with van der Waals surface area (Å²) in [6.07, 6.45) is 1.70. The van der Waals surface area contributed by atoms with Crippen LogP contribution in [0.3, 0.4) is 0 Å². The van der Waals surface area contributed by atoms with Crippen LogP contribution in [0, 0.1) is 0 Å². The van der Waals surface area contributed by atoms with Crippen molar-refractivity contribution in [2.75, 3.05) is 14.2 Å². The molecule has 0 saturated carbocycles. The van der Waals surface area contributed by atoms with Gasteiger partial charge in [-0.3, -0.25) is 0 Å². The second kappa shape index (κ2) is 5.71. The molecule has 0 saturated heterocycles. The third-order valence-corrected chi connectivity index (χ3v) is 3.01. The van der Waals surface area contributed by atoms with Crippen molar-refractivity contribution >= 4 is 0 Å². The van der Waals surface area contributed by atoms with Gasteiger partial charge in [0.1, 0.15) is 5.75 Å². The van der Waals surface area contributed by atoms with Gasteiger partial charge in [-0.15, -0.1) is 0 Å². The fourth-order valence-electron chi connectivity index (χ4n) is 1.97. The minimum absolute atomic E-state index is 0.0289. The van der Waals surface area contributed by atoms with Crippen LogP contribution in [0.2, 0.25) is 0 Å². The van der Waals surface area contributed by atoms with Gasteiger partial charge in [-0.25, -0.2) is 4.98 Å². The van der Waals surface area contributed by atoms with Crippen molar-refractivity contribution in [3.63, 3.8) is 0 Å². The van der Waals surface area contributed by atoms with Crippen LogP contribution in [0.4, 0.5) is 0 Å². The number of hydrogen-bond donors (Lipinski definition) is 1. The quantitative estimate of drug-likeness (QED) is 0.916. The average molecular weight is 258 g/mol. The summed E-state index contributed by atoms with van der Waals surface area (Å²) in [5, 5.41) is 0. The first kappa shape index (κ1) is 13.4. The second-order valence-corrected chi connectivity index (χ2v) is 4.31. The molecule has 2 aromatic rings. The summed E-state index contributed by atoms with van der Waals surface area (Å²) in [7, 11) is 3.25. The summed E-state index contributed by atoms with van der Waals surface area (Å²) >= 11 is 0. The molecule has 1 atom stereocenters. The maximum absolute atomic E-state index is 5.89. The number of ether oxygens (including phenoxy) is 2. The number of pyridine rings is 1. The van der Waals surface area contributed by atoms with E-state index in [4.69, 9.17) is 15.2 Å². The van der Waals surface area contributed by atoms with Gasteiger partial charge in [-0.1, -0.05) is 12.1 Å². The molecular weight excluding hydrogens is 240 g/mol. The van der Waals surface area contributed by atoms with Gasteiger partial charge in [0.2, 0.25) is 5.88 Å². The van der Waals surface area contributed by atoms with Gasteiger partial charge in [-0.2, -0.15) is 0 Å². The Hall–Kier alpha value is -2.07. The van der Waals surface area contributed by atoms with Crippen LogP contribution in [-0.4, -0.2) is 19.2 Å². The van der Waals surface area contributed by atoms with Crippen LogP contribution < -0.4 is 15.2 Å². The summed E-state index contributed by atoms with van der Waals surface area (Å²) < 4.78 is 10.7. The molecule has 2 rings (SSSR count). The van der Waals surface area contributed by atoms with E-state index in [1.807, 2.05) is 37.3 Å². The highest BCUT2D eigenvalue weighted by Gasteiger charge is 2.13. The largest absolute Gasteiger partial charge is 0.496 e. The van der Waals surface area contributed by atoms with Crippen molar-refractivity contribution in [2.45, 2.75) is 13.0 Å². The molecule has 1 aromatic heterocycles. The molecular formula is C15H18N2O2. The topological polar surface area (TPSA) is 57.4 Å². The molecule has 4 nitrogen and oxygen atoms in total. The lowest BCUT2D eigenvalue weighted by Gasteiger charge is -2.14. The van der Waals surface area contributed by atoms with Crippen molar-refractivity contribution in [1.82, 2.24) is 4.98 Å². The summed E-state index contributed by atoms with van der Waals surface area (Å²) in [5.41, 5.74) is 8.76. The van der Waals surface area contributed by atoms with Crippen LogP contribution in [0.15, 0.2) is 36.5 Å². The van der Waals surface area contributed by atoms with E-state index < -0.39 is 0 Å². The molecule has 0 amide bonds. The maximum Gasteiger partial charge on any atom is 0.221 e. The van der Waals surface area contributed by atoms with E-state index in [0.717, 1.165) is 22.4 Å². The molecule has 0 bridgehead atoms. The Labute approximate surface area is 113 Å². The van der Waals surface area contributed by atoms with Gasteiger partial charge in [0.25, 0.3) is 0 Å². The SMILES string of the molecule is COc1cc(C(C)N)ccc1-c1cccnc1OC. The molecule has 1 aromatic carbocycles. The Bertz CT molecular complexity index is 568. The smallest absolute Gasteiger partial charge is 0.221 e. The molecule has 0 aliphatic rings. The van der Waals surface area contributed by atoms with Gasteiger partial charge in [0, 0.05) is 23.4 Å². The van der Waals surface area contributed by atoms with E-state index in [-0.39, 0.29) is 6.04 Å². The molecule has 4 heteroatoms. The molecule has 2 N–H and O–H groups in total. The highest BCUT2D eigenvalue weighted by Crippen LogP contribution is 2.36. The monoisotopic (exact) mass is 258 g/mol. The van der Waals surface area contributed by atoms with E-state index in [0.29, 0.717) is 5.88 Å². The number of benzene rings is 1. The lowest BCUT2D eigenvalue weighted by atomic mass is 10.0. The van der Waals surface area contributed by atoms with E-state index in [9.17, 15) is 0 Å². The van der Waals surface area contributed by atoms with Crippen LogP contribution in [0.1, 0.15) is 18.5 Å². The predicted molar refractivity (Wildman–Crippen MR) is 75.4 cm³/mol. The lowest BCUT2D eigenvalue weighted by Crippen LogP contribution is -2.05. The van der Waals surface area contributed by atoms with Gasteiger partial charge in [-0.05, 0) is 30.7 Å². The molecule has 0 radical (unpaired) electrons. The summed E-state index contributed by atoms with van der Waals surface area (Å²) in [4.78, 5) is 4.20. The molecule has 0 aliphatic heterocycles. The second-order valence-electron chi connectivity index (χ2n) is 4.31. The van der Waals surface area contributed by atoms with Crippen LogP contribution in [-0.2, 0) is 0 Å². The van der Waals surface area contributed by atoms with Crippen molar-refractivity contribution in [3.05, 3.63) is 42.1 Å². The molecule has 1 unspecified atom stereocenters. The van der Waals surface area contributed by atoms with Crippen molar-refractivity contribution < 1.29 is 9.47 Å².